The van der Waals surface area contributed by atoms with Crippen molar-refractivity contribution in [2.75, 3.05) is 13.7 Å². The molecule has 0 bridgehead atoms. The highest BCUT2D eigenvalue weighted by atomic mass is 16.5. The molecule has 7 nitrogen and oxygen atoms in total. The maximum Gasteiger partial charge on any atom is 0.264 e. The summed E-state index contributed by atoms with van der Waals surface area (Å²) in [5.74, 6) is 1.68. The van der Waals surface area contributed by atoms with E-state index >= 15 is 0 Å². The molecular formula is C20H25N5O2. The van der Waals surface area contributed by atoms with Gasteiger partial charge in [0.25, 0.3) is 5.56 Å². The lowest BCUT2D eigenvalue weighted by Gasteiger charge is -2.20. The molecule has 0 aliphatic carbocycles. The van der Waals surface area contributed by atoms with Crippen molar-refractivity contribution >= 4 is 11.0 Å². The second-order valence-electron chi connectivity index (χ2n) is 7.32. The molecular weight excluding hydrogens is 342 g/mol. The third-order valence-electron chi connectivity index (χ3n) is 5.07. The van der Waals surface area contributed by atoms with Gasteiger partial charge in [0.1, 0.15) is 17.0 Å². The van der Waals surface area contributed by atoms with Gasteiger partial charge in [-0.25, -0.2) is 9.67 Å². The Hall–Kier alpha value is -2.67. The van der Waals surface area contributed by atoms with Crippen LogP contribution < -0.4 is 10.3 Å². The molecule has 1 aromatic carbocycles. The van der Waals surface area contributed by atoms with E-state index in [0.29, 0.717) is 24.1 Å². The fourth-order valence-corrected chi connectivity index (χ4v) is 3.65. The molecule has 3 heterocycles. The van der Waals surface area contributed by atoms with Crippen LogP contribution in [-0.4, -0.2) is 37.9 Å². The minimum absolute atomic E-state index is 0.0215. The van der Waals surface area contributed by atoms with E-state index in [4.69, 9.17) is 9.72 Å². The van der Waals surface area contributed by atoms with E-state index in [-0.39, 0.29) is 11.6 Å². The first kappa shape index (κ1) is 17.7. The highest BCUT2D eigenvalue weighted by molar-refractivity contribution is 5.73. The molecule has 0 saturated carbocycles. The van der Waals surface area contributed by atoms with Crippen LogP contribution in [0.25, 0.3) is 11.0 Å². The van der Waals surface area contributed by atoms with E-state index in [0.717, 1.165) is 31.1 Å². The first-order valence-corrected chi connectivity index (χ1v) is 9.39. The Kier molecular flexibility index (Phi) is 4.70. The van der Waals surface area contributed by atoms with Crippen molar-refractivity contribution < 1.29 is 4.74 Å². The zero-order valence-electron chi connectivity index (χ0n) is 16.1. The summed E-state index contributed by atoms with van der Waals surface area (Å²) in [5.41, 5.74) is 1.93. The molecule has 0 N–H and O–H groups in total. The molecule has 1 aliphatic heterocycles. The van der Waals surface area contributed by atoms with Gasteiger partial charge >= 0.3 is 0 Å². The first-order valence-electron chi connectivity index (χ1n) is 9.39. The zero-order valence-corrected chi connectivity index (χ0v) is 16.1. The summed E-state index contributed by atoms with van der Waals surface area (Å²) < 4.78 is 8.88. The summed E-state index contributed by atoms with van der Waals surface area (Å²) in [7, 11) is 1.67. The number of ether oxygens (including phenoxy) is 1. The van der Waals surface area contributed by atoms with E-state index in [9.17, 15) is 4.79 Å². The lowest BCUT2D eigenvalue weighted by atomic mass is 10.2. The van der Waals surface area contributed by atoms with Gasteiger partial charge in [-0.05, 0) is 38.0 Å². The highest BCUT2D eigenvalue weighted by Crippen LogP contribution is 2.19. The summed E-state index contributed by atoms with van der Waals surface area (Å²) in [5, 5.41) is 4.98. The van der Waals surface area contributed by atoms with Crippen LogP contribution in [0.1, 0.15) is 37.7 Å². The maximum absolute atomic E-state index is 12.9. The molecule has 27 heavy (non-hydrogen) atoms. The van der Waals surface area contributed by atoms with Gasteiger partial charge in [0, 0.05) is 25.7 Å². The lowest BCUT2D eigenvalue weighted by molar-refractivity contribution is 0.258. The average molecular weight is 367 g/mol. The minimum atomic E-state index is 0.0215. The lowest BCUT2D eigenvalue weighted by Crippen LogP contribution is -2.27. The van der Waals surface area contributed by atoms with E-state index in [1.807, 2.05) is 35.2 Å². The molecule has 0 fully saturated rings. The summed E-state index contributed by atoms with van der Waals surface area (Å²) in [6.07, 6.45) is 2.58. The molecule has 142 valence electrons. The van der Waals surface area contributed by atoms with Crippen LogP contribution in [0.4, 0.5) is 0 Å². The maximum atomic E-state index is 12.9. The number of nitrogens with zero attached hydrogens (tertiary/aromatic N) is 5. The fraction of sp³-hybridized carbons (Fsp3) is 0.450. The molecule has 7 heteroatoms. The smallest absolute Gasteiger partial charge is 0.264 e. The summed E-state index contributed by atoms with van der Waals surface area (Å²) in [6, 6.07) is 8.30. The third-order valence-corrected chi connectivity index (χ3v) is 5.07. The largest absolute Gasteiger partial charge is 0.497 e. The third kappa shape index (κ3) is 3.35. The molecule has 0 saturated heterocycles. The van der Waals surface area contributed by atoms with Crippen LogP contribution in [0.15, 0.2) is 35.3 Å². The number of hydrogen-bond donors (Lipinski definition) is 0. The van der Waals surface area contributed by atoms with Crippen LogP contribution in [-0.2, 0) is 19.6 Å². The average Bonchev–Trinajstić information content (AvgIpc) is 2.98. The SMILES string of the molecule is COc1ccc(CN2CCCn3c(nc4c(cnn4C(C)C)c3=O)C2)cc1. The summed E-state index contributed by atoms with van der Waals surface area (Å²) >= 11 is 0. The Bertz CT molecular complexity index is 1000. The van der Waals surface area contributed by atoms with Crippen molar-refractivity contribution in [1.29, 1.82) is 0 Å². The van der Waals surface area contributed by atoms with Gasteiger partial charge < -0.3 is 4.74 Å². The normalized spacial score (nSPS) is 15.1. The van der Waals surface area contributed by atoms with Crippen molar-refractivity contribution in [3.63, 3.8) is 0 Å². The van der Waals surface area contributed by atoms with Crippen molar-refractivity contribution in [2.24, 2.45) is 0 Å². The molecule has 1 aliphatic rings. The minimum Gasteiger partial charge on any atom is -0.497 e. The first-order chi connectivity index (χ1) is 13.1. The van der Waals surface area contributed by atoms with E-state index < -0.39 is 0 Å². The van der Waals surface area contributed by atoms with E-state index in [2.05, 4.69) is 22.1 Å². The number of hydrogen-bond acceptors (Lipinski definition) is 5. The monoisotopic (exact) mass is 367 g/mol. The Balaban J connectivity index is 1.66. The van der Waals surface area contributed by atoms with Crippen molar-refractivity contribution in [1.82, 2.24) is 24.2 Å². The Morgan fingerprint density at radius 1 is 1.19 bits per heavy atom. The highest BCUT2D eigenvalue weighted by Gasteiger charge is 2.21. The van der Waals surface area contributed by atoms with Gasteiger partial charge in [-0.2, -0.15) is 5.10 Å². The molecule has 0 amide bonds. The fourth-order valence-electron chi connectivity index (χ4n) is 3.65. The van der Waals surface area contributed by atoms with Crippen molar-refractivity contribution in [3.8, 4) is 5.75 Å². The predicted octanol–water partition coefficient (Wildman–Crippen LogP) is 2.59. The standard InChI is InChI=1S/C20H25N5O2/c1-14(2)25-19-17(11-21-25)20(26)24-10-4-9-23(13-18(24)22-19)12-15-5-7-16(27-3)8-6-15/h5-8,11,14H,4,9-10,12-13H2,1-3H3. The van der Waals surface area contributed by atoms with Gasteiger partial charge in [-0.15, -0.1) is 0 Å². The molecule has 3 aromatic rings. The second-order valence-corrected chi connectivity index (χ2v) is 7.32. The molecule has 4 rings (SSSR count). The molecule has 0 atom stereocenters. The van der Waals surface area contributed by atoms with Crippen LogP contribution >= 0.6 is 0 Å². The van der Waals surface area contributed by atoms with Crippen molar-refractivity contribution in [2.45, 2.75) is 45.9 Å². The van der Waals surface area contributed by atoms with Gasteiger partial charge in [-0.1, -0.05) is 12.1 Å². The van der Waals surface area contributed by atoms with Crippen molar-refractivity contribution in [3.05, 3.63) is 52.2 Å². The molecule has 0 radical (unpaired) electrons. The Morgan fingerprint density at radius 2 is 1.96 bits per heavy atom. The predicted molar refractivity (Wildman–Crippen MR) is 104 cm³/mol. The Morgan fingerprint density at radius 3 is 2.67 bits per heavy atom. The van der Waals surface area contributed by atoms with Crippen LogP contribution in [0, 0.1) is 0 Å². The van der Waals surface area contributed by atoms with Crippen LogP contribution in [0.5, 0.6) is 5.75 Å². The topological polar surface area (TPSA) is 65.2 Å². The van der Waals surface area contributed by atoms with Gasteiger partial charge in [-0.3, -0.25) is 14.3 Å². The van der Waals surface area contributed by atoms with Gasteiger partial charge in [0.05, 0.1) is 19.9 Å². The summed E-state index contributed by atoms with van der Waals surface area (Å²) in [6.45, 7) is 7.20. The number of methoxy groups -OCH3 is 1. The number of aromatic nitrogens is 4. The van der Waals surface area contributed by atoms with Crippen LogP contribution in [0.3, 0.4) is 0 Å². The van der Waals surface area contributed by atoms with Gasteiger partial charge in [0.15, 0.2) is 5.65 Å². The molecule has 0 unspecified atom stereocenters. The molecule has 0 spiro atoms. The van der Waals surface area contributed by atoms with Gasteiger partial charge in [0.2, 0.25) is 0 Å². The number of rotatable bonds is 4. The quantitative estimate of drug-likeness (QED) is 0.709. The van der Waals surface area contributed by atoms with E-state index in [1.165, 1.54) is 5.56 Å². The zero-order chi connectivity index (χ0) is 19.0. The molecule has 2 aromatic heterocycles. The second kappa shape index (κ2) is 7.15. The Labute approximate surface area is 158 Å². The van der Waals surface area contributed by atoms with Crippen LogP contribution in [0.2, 0.25) is 0 Å². The number of fused-ring (bicyclic) bond motifs is 2. The number of benzene rings is 1. The summed E-state index contributed by atoms with van der Waals surface area (Å²) in [4.78, 5) is 20.1. The van der Waals surface area contributed by atoms with E-state index in [1.54, 1.807) is 13.3 Å².